The number of amides is 1. The van der Waals surface area contributed by atoms with E-state index in [4.69, 9.17) is 8.83 Å². The van der Waals surface area contributed by atoms with E-state index < -0.39 is 0 Å². The highest BCUT2D eigenvalue weighted by atomic mass is 19.1. The van der Waals surface area contributed by atoms with Gasteiger partial charge in [-0.25, -0.2) is 4.39 Å². The molecule has 0 bridgehead atoms. The molecule has 1 aliphatic heterocycles. The predicted molar refractivity (Wildman–Crippen MR) is 100 cm³/mol. The zero-order valence-corrected chi connectivity index (χ0v) is 15.3. The van der Waals surface area contributed by atoms with Crippen LogP contribution in [0, 0.1) is 12.7 Å². The van der Waals surface area contributed by atoms with Crippen LogP contribution in [-0.4, -0.2) is 30.4 Å². The molecule has 142 valence electrons. The number of furan rings is 2. The van der Waals surface area contributed by atoms with Crippen molar-refractivity contribution in [2.24, 2.45) is 0 Å². The van der Waals surface area contributed by atoms with Crippen LogP contribution in [0.3, 0.4) is 0 Å². The molecule has 0 spiro atoms. The second-order valence-corrected chi connectivity index (χ2v) is 7.03. The lowest BCUT2D eigenvalue weighted by Gasteiger charge is -2.33. The second kappa shape index (κ2) is 7.56. The van der Waals surface area contributed by atoms with E-state index in [1.54, 1.807) is 19.3 Å². The molecule has 0 aliphatic carbocycles. The molecular weight excluding hydrogens is 347 g/mol. The summed E-state index contributed by atoms with van der Waals surface area (Å²) >= 11 is 0. The molecule has 1 atom stereocenters. The summed E-state index contributed by atoms with van der Waals surface area (Å²) in [5.41, 5.74) is 1.16. The van der Waals surface area contributed by atoms with E-state index >= 15 is 0 Å². The summed E-state index contributed by atoms with van der Waals surface area (Å²) in [7, 11) is 0. The summed E-state index contributed by atoms with van der Waals surface area (Å²) < 4.78 is 24.8. The molecular formula is C21H23FN2O3. The number of piperidine rings is 1. The molecule has 27 heavy (non-hydrogen) atoms. The van der Waals surface area contributed by atoms with Crippen molar-refractivity contribution >= 4 is 16.9 Å². The van der Waals surface area contributed by atoms with Crippen LogP contribution in [0.2, 0.25) is 0 Å². The molecule has 0 saturated carbocycles. The normalized spacial score (nSPS) is 16.5. The zero-order valence-electron chi connectivity index (χ0n) is 15.3. The average Bonchev–Trinajstić information content (AvgIpc) is 3.32. The monoisotopic (exact) mass is 370 g/mol. The number of benzene rings is 1. The number of carbonyl (C=O) groups is 1. The number of nitrogens with one attached hydrogen (secondary N) is 1. The molecule has 2 aromatic heterocycles. The third-order valence-electron chi connectivity index (χ3n) is 5.26. The molecule has 1 aromatic carbocycles. The number of halogens is 1. The molecule has 3 heterocycles. The van der Waals surface area contributed by atoms with Crippen molar-refractivity contribution in [1.82, 2.24) is 10.2 Å². The van der Waals surface area contributed by atoms with Crippen molar-refractivity contribution in [3.05, 3.63) is 59.5 Å². The fourth-order valence-electron chi connectivity index (χ4n) is 3.80. The minimum atomic E-state index is -0.346. The summed E-state index contributed by atoms with van der Waals surface area (Å²) in [6, 6.07) is 8.08. The lowest BCUT2D eigenvalue weighted by molar-refractivity contribution is 0.0888. The molecule has 5 nitrogen and oxygen atoms in total. The van der Waals surface area contributed by atoms with Gasteiger partial charge >= 0.3 is 0 Å². The standard InChI is InChI=1S/C21H23FN2O3/c1-14-16-12-15(22)7-8-18(16)27-20(14)21(25)23-13-17(19-6-5-11-26-19)24-9-3-2-4-10-24/h5-8,11-12,17H,2-4,9-10,13H2,1H3,(H,23,25)/t17-/m1/s1. The number of nitrogens with zero attached hydrogens (tertiary/aromatic N) is 1. The van der Waals surface area contributed by atoms with Gasteiger partial charge in [-0.2, -0.15) is 0 Å². The topological polar surface area (TPSA) is 58.6 Å². The van der Waals surface area contributed by atoms with Gasteiger partial charge in [-0.05, 0) is 63.2 Å². The zero-order chi connectivity index (χ0) is 18.8. The summed E-state index contributed by atoms with van der Waals surface area (Å²) in [6.45, 7) is 4.18. The fraction of sp³-hybridized carbons (Fsp3) is 0.381. The molecule has 3 aromatic rings. The Balaban J connectivity index is 1.52. The highest BCUT2D eigenvalue weighted by Gasteiger charge is 2.26. The third kappa shape index (κ3) is 3.62. The van der Waals surface area contributed by atoms with Crippen molar-refractivity contribution < 1.29 is 18.0 Å². The number of fused-ring (bicyclic) bond motifs is 1. The molecule has 4 rings (SSSR count). The van der Waals surface area contributed by atoms with Crippen LogP contribution in [0.1, 0.15) is 47.2 Å². The molecule has 1 amide bonds. The Bertz CT molecular complexity index is 926. The number of hydrogen-bond acceptors (Lipinski definition) is 4. The van der Waals surface area contributed by atoms with E-state index in [2.05, 4.69) is 10.2 Å². The maximum absolute atomic E-state index is 13.5. The van der Waals surface area contributed by atoms with Crippen molar-refractivity contribution in [3.63, 3.8) is 0 Å². The fourth-order valence-corrected chi connectivity index (χ4v) is 3.80. The maximum Gasteiger partial charge on any atom is 0.287 e. The molecule has 6 heteroatoms. The Hall–Kier alpha value is -2.60. The first-order valence-electron chi connectivity index (χ1n) is 9.38. The van der Waals surface area contributed by atoms with Gasteiger partial charge in [-0.1, -0.05) is 6.42 Å². The number of aryl methyl sites for hydroxylation is 1. The van der Waals surface area contributed by atoms with Crippen LogP contribution < -0.4 is 5.32 Å². The minimum absolute atomic E-state index is 0.00798. The van der Waals surface area contributed by atoms with Gasteiger partial charge in [0.25, 0.3) is 5.91 Å². The average molecular weight is 370 g/mol. The molecule has 0 radical (unpaired) electrons. The molecule has 1 aliphatic rings. The number of carbonyl (C=O) groups excluding carboxylic acids is 1. The largest absolute Gasteiger partial charge is 0.468 e. The molecule has 1 fully saturated rings. The van der Waals surface area contributed by atoms with E-state index in [1.807, 2.05) is 12.1 Å². The Morgan fingerprint density at radius 1 is 1.26 bits per heavy atom. The van der Waals surface area contributed by atoms with Gasteiger partial charge in [-0.15, -0.1) is 0 Å². The summed E-state index contributed by atoms with van der Waals surface area (Å²) in [6.07, 6.45) is 5.20. The van der Waals surface area contributed by atoms with E-state index in [9.17, 15) is 9.18 Å². The number of rotatable bonds is 5. The predicted octanol–water partition coefficient (Wildman–Crippen LogP) is 4.43. The van der Waals surface area contributed by atoms with Gasteiger partial charge in [0, 0.05) is 17.5 Å². The van der Waals surface area contributed by atoms with Crippen molar-refractivity contribution in [2.45, 2.75) is 32.2 Å². The maximum atomic E-state index is 13.5. The van der Waals surface area contributed by atoms with Gasteiger partial charge < -0.3 is 14.2 Å². The number of likely N-dealkylation sites (tertiary alicyclic amines) is 1. The molecule has 1 saturated heterocycles. The van der Waals surface area contributed by atoms with Crippen molar-refractivity contribution in [2.75, 3.05) is 19.6 Å². The first kappa shape index (κ1) is 17.8. The first-order chi connectivity index (χ1) is 13.1. The summed E-state index contributed by atoms with van der Waals surface area (Å²) in [4.78, 5) is 15.1. The van der Waals surface area contributed by atoms with Gasteiger partial charge in [0.2, 0.25) is 0 Å². The smallest absolute Gasteiger partial charge is 0.287 e. The van der Waals surface area contributed by atoms with Crippen LogP contribution in [0.4, 0.5) is 4.39 Å². The van der Waals surface area contributed by atoms with Crippen LogP contribution in [0.5, 0.6) is 0 Å². The van der Waals surface area contributed by atoms with Crippen LogP contribution >= 0.6 is 0 Å². The second-order valence-electron chi connectivity index (χ2n) is 7.03. The lowest BCUT2D eigenvalue weighted by Crippen LogP contribution is -2.40. The van der Waals surface area contributed by atoms with Crippen LogP contribution in [0.25, 0.3) is 11.0 Å². The van der Waals surface area contributed by atoms with E-state index in [0.717, 1.165) is 31.7 Å². The lowest BCUT2D eigenvalue weighted by atomic mass is 10.1. The molecule has 1 N–H and O–H groups in total. The van der Waals surface area contributed by atoms with E-state index in [1.165, 1.54) is 18.6 Å². The van der Waals surface area contributed by atoms with Gasteiger partial charge in [0.05, 0.1) is 12.3 Å². The van der Waals surface area contributed by atoms with Crippen molar-refractivity contribution in [1.29, 1.82) is 0 Å². The number of hydrogen-bond donors (Lipinski definition) is 1. The Morgan fingerprint density at radius 3 is 2.81 bits per heavy atom. The van der Waals surface area contributed by atoms with Gasteiger partial charge in [0.1, 0.15) is 17.2 Å². The Labute approximate surface area is 157 Å². The summed E-state index contributed by atoms with van der Waals surface area (Å²) in [5.74, 6) is 0.437. The summed E-state index contributed by atoms with van der Waals surface area (Å²) in [5, 5.41) is 3.60. The minimum Gasteiger partial charge on any atom is -0.468 e. The highest BCUT2D eigenvalue weighted by Crippen LogP contribution is 2.27. The Morgan fingerprint density at radius 2 is 2.07 bits per heavy atom. The van der Waals surface area contributed by atoms with Gasteiger partial charge in [-0.3, -0.25) is 9.69 Å². The van der Waals surface area contributed by atoms with Crippen LogP contribution in [-0.2, 0) is 0 Å². The SMILES string of the molecule is Cc1c(C(=O)NC[C@H](c2ccco2)N2CCCCC2)oc2ccc(F)cc12. The van der Waals surface area contributed by atoms with Crippen molar-refractivity contribution in [3.8, 4) is 0 Å². The molecule has 0 unspecified atom stereocenters. The third-order valence-corrected chi connectivity index (χ3v) is 5.26. The quantitative estimate of drug-likeness (QED) is 0.722. The van der Waals surface area contributed by atoms with E-state index in [0.29, 0.717) is 23.1 Å². The van der Waals surface area contributed by atoms with E-state index in [-0.39, 0.29) is 23.5 Å². The van der Waals surface area contributed by atoms with Crippen LogP contribution in [0.15, 0.2) is 45.4 Å². The first-order valence-corrected chi connectivity index (χ1v) is 9.38. The Kier molecular flexibility index (Phi) is 4.99. The highest BCUT2D eigenvalue weighted by molar-refractivity contribution is 5.98. The van der Waals surface area contributed by atoms with Gasteiger partial charge in [0.15, 0.2) is 5.76 Å².